The number of carbonyl (C=O) groups is 1. The van der Waals surface area contributed by atoms with Crippen molar-refractivity contribution < 1.29 is 9.53 Å². The molecule has 1 aromatic carbocycles. The Kier molecular flexibility index (Phi) is 5.18. The van der Waals surface area contributed by atoms with E-state index in [1.807, 2.05) is 32.9 Å². The van der Waals surface area contributed by atoms with Gasteiger partial charge in [0.15, 0.2) is 0 Å². The number of halogens is 1. The molecule has 0 aliphatic carbocycles. The molecule has 0 heterocycles. The van der Waals surface area contributed by atoms with E-state index >= 15 is 0 Å². The third kappa shape index (κ3) is 5.61. The van der Waals surface area contributed by atoms with Crippen molar-refractivity contribution in [2.24, 2.45) is 0 Å². The molecule has 0 aliphatic rings. The van der Waals surface area contributed by atoms with Gasteiger partial charge in [-0.25, -0.2) is 0 Å². The first-order valence-electron chi connectivity index (χ1n) is 6.29. The van der Waals surface area contributed by atoms with Crippen LogP contribution in [-0.2, 0) is 4.74 Å². The molecule has 0 fully saturated rings. The number of benzene rings is 1. The summed E-state index contributed by atoms with van der Waals surface area (Å²) in [7, 11) is 0. The van der Waals surface area contributed by atoms with E-state index in [0.717, 1.165) is 5.69 Å². The van der Waals surface area contributed by atoms with Crippen LogP contribution in [0.1, 0.15) is 20.8 Å². The molecule has 19 heavy (non-hydrogen) atoms. The van der Waals surface area contributed by atoms with Crippen molar-refractivity contribution in [2.75, 3.05) is 5.32 Å². The van der Waals surface area contributed by atoms with Gasteiger partial charge in [-0.2, -0.15) is 0 Å². The van der Waals surface area contributed by atoms with Crippen molar-refractivity contribution >= 4 is 45.3 Å². The second-order valence-electron chi connectivity index (χ2n) is 6.57. The number of carbonyl (C=O) groups excluding carboxylic acids is 1. The molecule has 0 saturated carbocycles. The first kappa shape index (κ1) is 16.6. The molecule has 1 amide bonds. The van der Waals surface area contributed by atoms with Crippen LogP contribution in [-0.4, -0.2) is 30.1 Å². The molecule has 0 radical (unpaired) electrons. The molecule has 1 aromatic rings. The zero-order valence-corrected chi connectivity index (χ0v) is 16.0. The van der Waals surface area contributed by atoms with Gasteiger partial charge in [-0.3, -0.25) is 0 Å². The average Bonchev–Trinajstić information content (AvgIpc) is 2.11. The van der Waals surface area contributed by atoms with Crippen molar-refractivity contribution in [1.29, 1.82) is 0 Å². The summed E-state index contributed by atoms with van der Waals surface area (Å²) in [6, 6.07) is 5.69. The van der Waals surface area contributed by atoms with Gasteiger partial charge in [-0.05, 0) is 0 Å². The van der Waals surface area contributed by atoms with Gasteiger partial charge in [0.2, 0.25) is 0 Å². The second kappa shape index (κ2) is 5.92. The summed E-state index contributed by atoms with van der Waals surface area (Å²) in [6.07, 6.45) is -0.438. The van der Waals surface area contributed by atoms with Gasteiger partial charge in [-0.1, -0.05) is 0 Å². The summed E-state index contributed by atoms with van der Waals surface area (Å²) in [4.78, 5) is 18.7. The fraction of sp³-hybridized carbons (Fsp3) is 0.500. The quantitative estimate of drug-likeness (QED) is 0.768. The zero-order valence-electron chi connectivity index (χ0n) is 12.4. The van der Waals surface area contributed by atoms with Crippen LogP contribution in [0, 0.1) is 0 Å². The van der Waals surface area contributed by atoms with Crippen molar-refractivity contribution in [1.82, 2.24) is 0 Å². The molecule has 0 saturated heterocycles. The Balaban J connectivity index is 3.00. The van der Waals surface area contributed by atoms with Gasteiger partial charge >= 0.3 is 125 Å². The van der Waals surface area contributed by atoms with Crippen molar-refractivity contribution in [2.45, 2.75) is 41.2 Å². The van der Waals surface area contributed by atoms with Crippen LogP contribution < -0.4 is 8.90 Å². The first-order valence-corrected chi connectivity index (χ1v) is 16.7. The molecule has 1 rings (SSSR count). The predicted molar refractivity (Wildman–Crippen MR) is 84.3 cm³/mol. The van der Waals surface area contributed by atoms with Crippen LogP contribution in [0.3, 0.4) is 0 Å². The molecule has 0 atom stereocenters. The van der Waals surface area contributed by atoms with Crippen LogP contribution in [0.15, 0.2) is 18.2 Å². The minimum absolute atomic E-state index is 0.438. The van der Waals surface area contributed by atoms with Crippen LogP contribution in [0.25, 0.3) is 0 Å². The minimum atomic E-state index is -2.31. The second-order valence-corrected chi connectivity index (χ2v) is 21.4. The van der Waals surface area contributed by atoms with Crippen LogP contribution >= 0.6 is 11.6 Å². The fourth-order valence-electron chi connectivity index (χ4n) is 1.69. The van der Waals surface area contributed by atoms with Crippen LogP contribution in [0.5, 0.6) is 0 Å². The van der Waals surface area contributed by atoms with E-state index < -0.39 is 30.1 Å². The van der Waals surface area contributed by atoms with Crippen LogP contribution in [0.4, 0.5) is 10.5 Å². The van der Waals surface area contributed by atoms with E-state index in [1.165, 1.54) is 3.58 Å². The van der Waals surface area contributed by atoms with Gasteiger partial charge in [0.05, 0.1) is 0 Å². The van der Waals surface area contributed by atoms with Gasteiger partial charge in [0.25, 0.3) is 0 Å². The fourth-order valence-corrected chi connectivity index (χ4v) is 6.21. The zero-order chi connectivity index (χ0) is 14.8. The molecular formula is C14H22ClNO2Sn. The molecule has 0 spiro atoms. The van der Waals surface area contributed by atoms with Crippen molar-refractivity contribution in [3.8, 4) is 0 Å². The van der Waals surface area contributed by atoms with E-state index in [9.17, 15) is 4.79 Å². The Morgan fingerprint density at radius 1 is 1.26 bits per heavy atom. The van der Waals surface area contributed by atoms with Gasteiger partial charge in [-0.15, -0.1) is 0 Å². The number of anilines is 1. The molecule has 0 aromatic heterocycles. The summed E-state index contributed by atoms with van der Waals surface area (Å²) in [6.45, 7) is 5.53. The molecule has 0 bridgehead atoms. The molecular weight excluding hydrogens is 368 g/mol. The Morgan fingerprint density at radius 2 is 1.84 bits per heavy atom. The van der Waals surface area contributed by atoms with Gasteiger partial charge in [0, 0.05) is 0 Å². The first-order chi connectivity index (χ1) is 8.49. The van der Waals surface area contributed by atoms with Crippen LogP contribution in [0.2, 0.25) is 19.8 Å². The third-order valence-electron chi connectivity index (χ3n) is 2.43. The molecule has 5 heteroatoms. The van der Waals surface area contributed by atoms with Gasteiger partial charge in [0.1, 0.15) is 0 Å². The number of rotatable bonds is 2. The Morgan fingerprint density at radius 3 is 2.32 bits per heavy atom. The van der Waals surface area contributed by atoms with Gasteiger partial charge < -0.3 is 0 Å². The van der Waals surface area contributed by atoms with E-state index in [0.29, 0.717) is 5.02 Å². The maximum absolute atomic E-state index is 11.9. The summed E-state index contributed by atoms with van der Waals surface area (Å²) >= 11 is 3.71. The predicted octanol–water partition coefficient (Wildman–Crippen LogP) is 4.23. The number of amides is 1. The molecule has 1 N–H and O–H groups in total. The van der Waals surface area contributed by atoms with E-state index in [4.69, 9.17) is 16.3 Å². The van der Waals surface area contributed by atoms with E-state index in [1.54, 1.807) is 6.07 Å². The number of hydrogen-bond acceptors (Lipinski definition) is 2. The SMILES string of the molecule is CC(C)(C)OC(=O)Nc1cc(Cl)cc[c]1[Sn]([CH3])([CH3])[CH3]. The summed E-state index contributed by atoms with van der Waals surface area (Å²) in [5.41, 5.74) is 0.276. The number of nitrogens with one attached hydrogen (secondary N) is 1. The molecule has 0 unspecified atom stereocenters. The Labute approximate surface area is 124 Å². The standard InChI is InChI=1S/C11H13ClNO2.3CH3.Sn/c1-11(2,3)15-10(14)13-9-6-4-5-8(12)7-9;;;;/h4-5,7H,1-3H3,(H,13,14);3*1H3;. The number of ether oxygens (including phenoxy) is 1. The molecule has 0 aliphatic heterocycles. The third-order valence-corrected chi connectivity index (χ3v) is 8.52. The summed E-state index contributed by atoms with van der Waals surface area (Å²) < 4.78 is 6.51. The maximum atomic E-state index is 11.9. The summed E-state index contributed by atoms with van der Waals surface area (Å²) in [5, 5.41) is 3.44. The van der Waals surface area contributed by atoms with Crippen molar-refractivity contribution in [3.63, 3.8) is 0 Å². The Hall–Kier alpha value is -0.421. The van der Waals surface area contributed by atoms with E-state index in [2.05, 4.69) is 20.1 Å². The summed E-state index contributed by atoms with van der Waals surface area (Å²) in [5.74, 6) is 0. The normalized spacial score (nSPS) is 12.2. The molecule has 106 valence electrons. The average molecular weight is 390 g/mol. The Bertz CT molecular complexity index is 475. The van der Waals surface area contributed by atoms with Crippen molar-refractivity contribution in [3.05, 3.63) is 23.2 Å². The van der Waals surface area contributed by atoms with E-state index in [-0.39, 0.29) is 0 Å². The monoisotopic (exact) mass is 391 g/mol. The topological polar surface area (TPSA) is 38.3 Å². The molecule has 3 nitrogen and oxygen atoms in total. The number of hydrogen-bond donors (Lipinski definition) is 1.